The molecule has 0 aromatic heterocycles. The van der Waals surface area contributed by atoms with Crippen molar-refractivity contribution in [2.75, 3.05) is 12.4 Å². The Kier molecular flexibility index (Phi) is 7.04. The third-order valence-corrected chi connectivity index (χ3v) is 3.82. The van der Waals surface area contributed by atoms with Gasteiger partial charge in [0.05, 0.1) is 0 Å². The van der Waals surface area contributed by atoms with E-state index in [1.807, 2.05) is 64.1 Å². The van der Waals surface area contributed by atoms with Crippen LogP contribution in [0.25, 0.3) is 0 Å². The first-order chi connectivity index (χ1) is 13.1. The number of nitrogens with one attached hydrogen (secondary N) is 1. The SMILES string of the molecule is Cc1ccc(COC(=O)Nc2ccc(CN(C)C(=O)OC(C)(C)C)cc2)cc1. The first kappa shape index (κ1) is 21.3. The molecular formula is C22H28N2O4. The predicted octanol–water partition coefficient (Wildman–Crippen LogP) is 5.11. The van der Waals surface area contributed by atoms with Crippen molar-refractivity contribution < 1.29 is 19.1 Å². The first-order valence-electron chi connectivity index (χ1n) is 9.15. The number of nitrogens with zero attached hydrogens (tertiary/aromatic N) is 1. The highest BCUT2D eigenvalue weighted by molar-refractivity contribution is 5.84. The summed E-state index contributed by atoms with van der Waals surface area (Å²) in [7, 11) is 1.68. The average molecular weight is 384 g/mol. The highest BCUT2D eigenvalue weighted by atomic mass is 16.6. The van der Waals surface area contributed by atoms with E-state index in [9.17, 15) is 9.59 Å². The standard InChI is InChI=1S/C22H28N2O4/c1-16-6-8-18(9-7-16)15-27-20(25)23-19-12-10-17(11-13-19)14-24(5)21(26)28-22(2,3)4/h6-13H,14-15H2,1-5H3,(H,23,25). The third-order valence-electron chi connectivity index (χ3n) is 3.82. The van der Waals surface area contributed by atoms with E-state index in [1.165, 1.54) is 4.90 Å². The molecule has 0 aliphatic carbocycles. The van der Waals surface area contributed by atoms with E-state index in [0.717, 1.165) is 16.7 Å². The molecule has 0 spiro atoms. The molecule has 6 nitrogen and oxygen atoms in total. The summed E-state index contributed by atoms with van der Waals surface area (Å²) in [4.78, 5) is 25.5. The Morgan fingerprint density at radius 2 is 1.54 bits per heavy atom. The lowest BCUT2D eigenvalue weighted by Crippen LogP contribution is -2.33. The monoisotopic (exact) mass is 384 g/mol. The number of benzene rings is 2. The van der Waals surface area contributed by atoms with Crippen molar-refractivity contribution in [3.05, 3.63) is 65.2 Å². The van der Waals surface area contributed by atoms with E-state index in [2.05, 4.69) is 5.32 Å². The Morgan fingerprint density at radius 1 is 0.964 bits per heavy atom. The molecule has 0 unspecified atom stereocenters. The van der Waals surface area contributed by atoms with E-state index in [-0.39, 0.29) is 12.7 Å². The molecule has 2 rings (SSSR count). The highest BCUT2D eigenvalue weighted by Gasteiger charge is 2.19. The minimum atomic E-state index is -0.530. The molecule has 150 valence electrons. The van der Waals surface area contributed by atoms with E-state index in [1.54, 1.807) is 19.2 Å². The van der Waals surface area contributed by atoms with Crippen molar-refractivity contribution in [1.82, 2.24) is 4.90 Å². The maximum Gasteiger partial charge on any atom is 0.411 e. The van der Waals surface area contributed by atoms with Crippen molar-refractivity contribution in [2.45, 2.75) is 46.4 Å². The quantitative estimate of drug-likeness (QED) is 0.778. The number of rotatable bonds is 5. The van der Waals surface area contributed by atoms with Gasteiger partial charge in [0, 0.05) is 19.3 Å². The Bertz CT molecular complexity index is 793. The van der Waals surface area contributed by atoms with Gasteiger partial charge in [0.1, 0.15) is 12.2 Å². The smallest absolute Gasteiger partial charge is 0.411 e. The number of hydrogen-bond acceptors (Lipinski definition) is 4. The Labute approximate surface area is 166 Å². The zero-order valence-corrected chi connectivity index (χ0v) is 17.1. The zero-order chi connectivity index (χ0) is 20.7. The Morgan fingerprint density at radius 3 is 2.11 bits per heavy atom. The molecule has 1 N–H and O–H groups in total. The molecule has 0 aliphatic rings. The first-order valence-corrected chi connectivity index (χ1v) is 9.15. The highest BCUT2D eigenvalue weighted by Crippen LogP contribution is 2.14. The van der Waals surface area contributed by atoms with Crippen LogP contribution in [0.15, 0.2) is 48.5 Å². The van der Waals surface area contributed by atoms with Gasteiger partial charge >= 0.3 is 12.2 Å². The molecule has 6 heteroatoms. The number of hydrogen-bond donors (Lipinski definition) is 1. The van der Waals surface area contributed by atoms with Gasteiger partial charge in [0.2, 0.25) is 0 Å². The van der Waals surface area contributed by atoms with Gasteiger partial charge in [0.15, 0.2) is 0 Å². The van der Waals surface area contributed by atoms with E-state index < -0.39 is 11.7 Å². The number of carbonyl (C=O) groups excluding carboxylic acids is 2. The van der Waals surface area contributed by atoms with Crippen LogP contribution in [0, 0.1) is 6.92 Å². The molecule has 2 aromatic carbocycles. The van der Waals surface area contributed by atoms with Crippen LogP contribution in [-0.4, -0.2) is 29.7 Å². The molecule has 0 saturated carbocycles. The van der Waals surface area contributed by atoms with Gasteiger partial charge in [-0.1, -0.05) is 42.0 Å². The van der Waals surface area contributed by atoms with Gasteiger partial charge in [0.25, 0.3) is 0 Å². The van der Waals surface area contributed by atoms with Crippen LogP contribution in [0.5, 0.6) is 0 Å². The summed E-state index contributed by atoms with van der Waals surface area (Å²) in [6.07, 6.45) is -0.895. The van der Waals surface area contributed by atoms with E-state index in [0.29, 0.717) is 12.2 Å². The summed E-state index contributed by atoms with van der Waals surface area (Å²) in [5.74, 6) is 0. The van der Waals surface area contributed by atoms with Gasteiger partial charge in [-0.05, 0) is 51.0 Å². The predicted molar refractivity (Wildman–Crippen MR) is 109 cm³/mol. The fraction of sp³-hybridized carbons (Fsp3) is 0.364. The lowest BCUT2D eigenvalue weighted by Gasteiger charge is -2.24. The molecule has 0 radical (unpaired) electrons. The van der Waals surface area contributed by atoms with Crippen molar-refractivity contribution in [2.24, 2.45) is 0 Å². The maximum atomic E-state index is 12.0. The zero-order valence-electron chi connectivity index (χ0n) is 17.1. The van der Waals surface area contributed by atoms with Crippen molar-refractivity contribution in [1.29, 1.82) is 0 Å². The summed E-state index contributed by atoms with van der Waals surface area (Å²) in [5, 5.41) is 2.69. The summed E-state index contributed by atoms with van der Waals surface area (Å²) in [6.45, 7) is 8.12. The van der Waals surface area contributed by atoms with E-state index >= 15 is 0 Å². The normalized spacial score (nSPS) is 10.9. The van der Waals surface area contributed by atoms with Crippen LogP contribution in [0.2, 0.25) is 0 Å². The number of aryl methyl sites for hydroxylation is 1. The third kappa shape index (κ3) is 7.31. The molecule has 2 amide bonds. The van der Waals surface area contributed by atoms with Gasteiger partial charge in [-0.25, -0.2) is 9.59 Å². The van der Waals surface area contributed by atoms with Gasteiger partial charge in [-0.15, -0.1) is 0 Å². The van der Waals surface area contributed by atoms with Crippen molar-refractivity contribution in [3.8, 4) is 0 Å². The Hall–Kier alpha value is -3.02. The molecule has 0 heterocycles. The molecule has 28 heavy (non-hydrogen) atoms. The molecule has 0 aliphatic heterocycles. The van der Waals surface area contributed by atoms with E-state index in [4.69, 9.17) is 9.47 Å². The summed E-state index contributed by atoms with van der Waals surface area (Å²) in [5.41, 5.74) is 3.11. The van der Waals surface area contributed by atoms with Crippen LogP contribution in [0.4, 0.5) is 15.3 Å². The minimum absolute atomic E-state index is 0.213. The van der Waals surface area contributed by atoms with Gasteiger partial charge < -0.3 is 14.4 Å². The van der Waals surface area contributed by atoms with Crippen LogP contribution in [0.1, 0.15) is 37.5 Å². The van der Waals surface area contributed by atoms with Gasteiger partial charge in [-0.3, -0.25) is 5.32 Å². The fourth-order valence-electron chi connectivity index (χ4n) is 2.36. The second-order valence-electron chi connectivity index (χ2n) is 7.72. The number of carbonyl (C=O) groups is 2. The van der Waals surface area contributed by atoms with Crippen LogP contribution in [0.3, 0.4) is 0 Å². The lowest BCUT2D eigenvalue weighted by molar-refractivity contribution is 0.0285. The molecule has 0 atom stereocenters. The average Bonchev–Trinajstić information content (AvgIpc) is 2.61. The largest absolute Gasteiger partial charge is 0.444 e. The second kappa shape index (κ2) is 9.26. The van der Waals surface area contributed by atoms with Crippen LogP contribution < -0.4 is 5.32 Å². The van der Waals surface area contributed by atoms with Crippen molar-refractivity contribution in [3.63, 3.8) is 0 Å². The molecule has 0 bridgehead atoms. The fourth-order valence-corrected chi connectivity index (χ4v) is 2.36. The van der Waals surface area contributed by atoms with Crippen molar-refractivity contribution >= 4 is 17.9 Å². The lowest BCUT2D eigenvalue weighted by atomic mass is 10.2. The summed E-state index contributed by atoms with van der Waals surface area (Å²) < 4.78 is 10.6. The summed E-state index contributed by atoms with van der Waals surface area (Å²) >= 11 is 0. The number of amides is 2. The summed E-state index contributed by atoms with van der Waals surface area (Å²) in [6, 6.07) is 15.0. The minimum Gasteiger partial charge on any atom is -0.444 e. The maximum absolute atomic E-state index is 12.0. The molecule has 2 aromatic rings. The molecule has 0 fully saturated rings. The van der Waals surface area contributed by atoms with Crippen LogP contribution in [-0.2, 0) is 22.6 Å². The topological polar surface area (TPSA) is 67.9 Å². The second-order valence-corrected chi connectivity index (χ2v) is 7.72. The number of anilines is 1. The molecular weight excluding hydrogens is 356 g/mol. The number of ether oxygens (including phenoxy) is 2. The van der Waals surface area contributed by atoms with Crippen LogP contribution >= 0.6 is 0 Å². The molecule has 0 saturated heterocycles. The Balaban J connectivity index is 1.82. The van der Waals surface area contributed by atoms with Gasteiger partial charge in [-0.2, -0.15) is 0 Å².